The number of benzene rings is 1. The molecule has 160 valence electrons. The van der Waals surface area contributed by atoms with E-state index >= 15 is 0 Å². The third kappa shape index (κ3) is 4.37. The molecule has 6 heteroatoms. The summed E-state index contributed by atoms with van der Waals surface area (Å²) in [6.45, 7) is 3.35. The summed E-state index contributed by atoms with van der Waals surface area (Å²) >= 11 is 0. The summed E-state index contributed by atoms with van der Waals surface area (Å²) in [6.07, 6.45) is 9.39. The minimum Gasteiger partial charge on any atom is -0.493 e. The normalized spacial score (nSPS) is 21.0. The first-order chi connectivity index (χ1) is 14.7. The van der Waals surface area contributed by atoms with Crippen molar-refractivity contribution in [2.24, 2.45) is 5.92 Å². The number of rotatable bonds is 6. The summed E-state index contributed by atoms with van der Waals surface area (Å²) in [6, 6.07) is 8.90. The molecule has 1 N–H and O–H groups in total. The van der Waals surface area contributed by atoms with Gasteiger partial charge in [-0.25, -0.2) is 0 Å². The van der Waals surface area contributed by atoms with Gasteiger partial charge in [-0.05, 0) is 62.3 Å². The third-order valence-electron chi connectivity index (χ3n) is 6.18. The summed E-state index contributed by atoms with van der Waals surface area (Å²) in [5.74, 6) is 1.10. The van der Waals surface area contributed by atoms with Crippen molar-refractivity contribution in [2.75, 3.05) is 18.5 Å². The number of likely N-dealkylation sites (tertiary alicyclic amines) is 1. The van der Waals surface area contributed by atoms with Crippen LogP contribution in [0.3, 0.4) is 0 Å². The number of hydrogen-bond donors (Lipinski definition) is 1. The van der Waals surface area contributed by atoms with Gasteiger partial charge in [0.2, 0.25) is 0 Å². The Labute approximate surface area is 177 Å². The van der Waals surface area contributed by atoms with Gasteiger partial charge in [0.1, 0.15) is 5.75 Å². The van der Waals surface area contributed by atoms with Crippen molar-refractivity contribution < 1.29 is 18.7 Å². The van der Waals surface area contributed by atoms with Gasteiger partial charge in [0.15, 0.2) is 5.76 Å². The predicted molar refractivity (Wildman–Crippen MR) is 115 cm³/mol. The molecule has 1 saturated heterocycles. The second-order valence-electron chi connectivity index (χ2n) is 8.24. The average Bonchev–Trinajstić information content (AvgIpc) is 3.32. The van der Waals surface area contributed by atoms with Gasteiger partial charge in [-0.15, -0.1) is 0 Å². The highest BCUT2D eigenvalue weighted by atomic mass is 16.5. The summed E-state index contributed by atoms with van der Waals surface area (Å²) in [4.78, 5) is 27.9. The molecule has 2 atom stereocenters. The quantitative estimate of drug-likeness (QED) is 0.718. The van der Waals surface area contributed by atoms with Crippen molar-refractivity contribution in [1.82, 2.24) is 4.90 Å². The zero-order valence-electron chi connectivity index (χ0n) is 17.6. The van der Waals surface area contributed by atoms with Crippen LogP contribution in [0.1, 0.15) is 72.8 Å². The Morgan fingerprint density at radius 2 is 2.00 bits per heavy atom. The second-order valence-corrected chi connectivity index (χ2v) is 8.24. The van der Waals surface area contributed by atoms with E-state index in [1.807, 2.05) is 6.92 Å². The molecule has 1 saturated carbocycles. The maximum absolute atomic E-state index is 13.5. The van der Waals surface area contributed by atoms with Crippen LogP contribution in [0, 0.1) is 5.92 Å². The fraction of sp³-hybridized carbons (Fsp3) is 0.500. The molecule has 1 aliphatic heterocycles. The predicted octanol–water partition coefficient (Wildman–Crippen LogP) is 5.12. The highest BCUT2D eigenvalue weighted by molar-refractivity contribution is 6.03. The molecule has 2 amide bonds. The van der Waals surface area contributed by atoms with Gasteiger partial charge in [-0.2, -0.15) is 0 Å². The molecule has 2 fully saturated rings. The number of fused-ring (bicyclic) bond motifs is 1. The van der Waals surface area contributed by atoms with Crippen molar-refractivity contribution >= 4 is 17.5 Å². The van der Waals surface area contributed by atoms with Crippen molar-refractivity contribution in [2.45, 2.75) is 57.9 Å². The van der Waals surface area contributed by atoms with Crippen molar-refractivity contribution in [3.05, 3.63) is 47.9 Å². The van der Waals surface area contributed by atoms with Gasteiger partial charge in [-0.1, -0.05) is 19.8 Å². The zero-order valence-corrected chi connectivity index (χ0v) is 17.6. The summed E-state index contributed by atoms with van der Waals surface area (Å²) in [7, 11) is 0. The van der Waals surface area contributed by atoms with Gasteiger partial charge < -0.3 is 19.4 Å². The van der Waals surface area contributed by atoms with E-state index in [1.54, 1.807) is 30.3 Å². The van der Waals surface area contributed by atoms with E-state index in [4.69, 9.17) is 9.15 Å². The van der Waals surface area contributed by atoms with Crippen LogP contribution in [0.15, 0.2) is 41.0 Å². The number of carbonyl (C=O) groups is 2. The fourth-order valence-electron chi connectivity index (χ4n) is 4.74. The van der Waals surface area contributed by atoms with E-state index in [2.05, 4.69) is 10.2 Å². The molecule has 4 rings (SSSR count). The van der Waals surface area contributed by atoms with Crippen molar-refractivity contribution in [1.29, 1.82) is 0 Å². The zero-order chi connectivity index (χ0) is 20.9. The molecule has 2 aliphatic rings. The summed E-state index contributed by atoms with van der Waals surface area (Å²) in [5, 5.41) is 2.81. The van der Waals surface area contributed by atoms with Gasteiger partial charge in [-0.3, -0.25) is 9.59 Å². The number of ether oxygens (including phenoxy) is 1. The van der Waals surface area contributed by atoms with Gasteiger partial charge in [0.05, 0.1) is 18.4 Å². The van der Waals surface area contributed by atoms with Crippen LogP contribution in [0.25, 0.3) is 0 Å². The average molecular weight is 411 g/mol. The summed E-state index contributed by atoms with van der Waals surface area (Å²) in [5.41, 5.74) is 1.15. The van der Waals surface area contributed by atoms with Crippen LogP contribution in [-0.4, -0.2) is 35.9 Å². The molecule has 1 aromatic carbocycles. The lowest BCUT2D eigenvalue weighted by atomic mass is 9.78. The number of carbonyl (C=O) groups excluding carboxylic acids is 2. The van der Waals surface area contributed by atoms with E-state index in [1.165, 1.54) is 31.9 Å². The number of nitrogens with zero attached hydrogens (tertiary/aromatic N) is 1. The fourth-order valence-corrected chi connectivity index (χ4v) is 4.74. The summed E-state index contributed by atoms with van der Waals surface area (Å²) < 4.78 is 11.1. The second kappa shape index (κ2) is 9.37. The first-order valence-corrected chi connectivity index (χ1v) is 11.1. The lowest BCUT2D eigenvalue weighted by molar-refractivity contribution is 0.0387. The molecule has 1 aliphatic carbocycles. The molecular weight excluding hydrogens is 380 g/mol. The van der Waals surface area contributed by atoms with E-state index < -0.39 is 0 Å². The number of hydrogen-bond acceptors (Lipinski definition) is 4. The number of nitrogens with one attached hydrogen (secondary N) is 1. The molecular formula is C24H30N2O4. The third-order valence-corrected chi connectivity index (χ3v) is 6.18. The Kier molecular flexibility index (Phi) is 6.41. The Balaban J connectivity index is 1.56. The van der Waals surface area contributed by atoms with Gasteiger partial charge in [0, 0.05) is 24.3 Å². The van der Waals surface area contributed by atoms with Crippen LogP contribution in [0.4, 0.5) is 5.69 Å². The van der Waals surface area contributed by atoms with Crippen LogP contribution >= 0.6 is 0 Å². The number of amides is 2. The van der Waals surface area contributed by atoms with Crippen LogP contribution in [0.2, 0.25) is 0 Å². The maximum Gasteiger partial charge on any atom is 0.291 e. The minimum atomic E-state index is -0.332. The minimum absolute atomic E-state index is 0.0432. The monoisotopic (exact) mass is 410 g/mol. The first kappa shape index (κ1) is 20.5. The molecule has 0 spiro atoms. The SMILES string of the molecule is CCCOc1cc(NC(=O)c2ccco2)ccc1C(=O)N1CCC[C@H]2CCCC[C@H]21. The smallest absolute Gasteiger partial charge is 0.291 e. The Morgan fingerprint density at radius 1 is 1.17 bits per heavy atom. The van der Waals surface area contributed by atoms with Crippen LogP contribution in [-0.2, 0) is 0 Å². The number of anilines is 1. The number of piperidine rings is 1. The van der Waals surface area contributed by atoms with Crippen LogP contribution in [0.5, 0.6) is 5.75 Å². The van der Waals surface area contributed by atoms with Gasteiger partial charge in [0.25, 0.3) is 11.8 Å². The van der Waals surface area contributed by atoms with E-state index in [0.717, 1.165) is 25.8 Å². The molecule has 2 heterocycles. The van der Waals surface area contributed by atoms with Crippen molar-refractivity contribution in [3.63, 3.8) is 0 Å². The van der Waals surface area contributed by atoms with E-state index in [9.17, 15) is 9.59 Å². The topological polar surface area (TPSA) is 71.8 Å². The van der Waals surface area contributed by atoms with E-state index in [0.29, 0.717) is 35.6 Å². The molecule has 0 radical (unpaired) electrons. The molecule has 0 bridgehead atoms. The first-order valence-electron chi connectivity index (χ1n) is 11.1. The molecule has 0 unspecified atom stereocenters. The molecule has 1 aromatic heterocycles. The Morgan fingerprint density at radius 3 is 2.80 bits per heavy atom. The largest absolute Gasteiger partial charge is 0.493 e. The van der Waals surface area contributed by atoms with Gasteiger partial charge >= 0.3 is 0 Å². The Hall–Kier alpha value is -2.76. The van der Waals surface area contributed by atoms with E-state index in [-0.39, 0.29) is 17.6 Å². The standard InChI is InChI=1S/C24H30N2O4/c1-2-14-29-22-16-18(25-23(27)21-10-6-15-30-21)11-12-19(22)24(28)26-13-5-8-17-7-3-4-9-20(17)26/h6,10-12,15-17,20H,2-5,7-9,13-14H2,1H3,(H,25,27)/t17-,20-/m1/s1. The number of furan rings is 1. The highest BCUT2D eigenvalue weighted by Gasteiger charge is 2.36. The maximum atomic E-state index is 13.5. The van der Waals surface area contributed by atoms with Crippen molar-refractivity contribution in [3.8, 4) is 5.75 Å². The highest BCUT2D eigenvalue weighted by Crippen LogP contribution is 2.37. The lowest BCUT2D eigenvalue weighted by Gasteiger charge is -2.44. The molecule has 6 nitrogen and oxygen atoms in total. The Bertz CT molecular complexity index is 875. The molecule has 2 aromatic rings. The lowest BCUT2D eigenvalue weighted by Crippen LogP contribution is -2.49. The molecule has 30 heavy (non-hydrogen) atoms. The van der Waals surface area contributed by atoms with Crippen LogP contribution < -0.4 is 10.1 Å².